The van der Waals surface area contributed by atoms with E-state index in [-0.39, 0.29) is 0 Å². The third kappa shape index (κ3) is 2.99. The molecule has 0 aliphatic carbocycles. The lowest BCUT2D eigenvalue weighted by molar-refractivity contribution is -0.490. The van der Waals surface area contributed by atoms with Gasteiger partial charge in [0.15, 0.2) is 0 Å². The third-order valence-corrected chi connectivity index (χ3v) is 4.05. The number of benzene rings is 1. The monoisotopic (exact) mass is 259 g/mol. The molecule has 104 valence electrons. The number of likely N-dealkylation sites (N-methyl/N-ethyl adjacent to an activating group) is 1. The first kappa shape index (κ1) is 14.1. The quantitative estimate of drug-likeness (QED) is 0.736. The van der Waals surface area contributed by atoms with Crippen LogP contribution in [-0.2, 0) is 0 Å². The molecule has 0 saturated carbocycles. The zero-order valence-corrected chi connectivity index (χ0v) is 12.8. The van der Waals surface area contributed by atoms with Gasteiger partial charge in [-0.2, -0.15) is 0 Å². The Kier molecular flexibility index (Phi) is 4.62. The van der Waals surface area contributed by atoms with E-state index < -0.39 is 0 Å². The van der Waals surface area contributed by atoms with Crippen LogP contribution in [0.5, 0.6) is 0 Å². The van der Waals surface area contributed by atoms with E-state index in [1.807, 2.05) is 0 Å². The van der Waals surface area contributed by atoms with Gasteiger partial charge in [0.25, 0.3) is 5.84 Å². The molecule has 19 heavy (non-hydrogen) atoms. The summed E-state index contributed by atoms with van der Waals surface area (Å²) >= 11 is 0. The van der Waals surface area contributed by atoms with Crippen LogP contribution in [0.2, 0.25) is 0 Å². The Morgan fingerprint density at radius 1 is 1.26 bits per heavy atom. The van der Waals surface area contributed by atoms with Gasteiger partial charge in [-0.25, -0.2) is 0 Å². The van der Waals surface area contributed by atoms with Gasteiger partial charge in [-0.1, -0.05) is 45.4 Å². The molecule has 0 amide bonds. The molecule has 0 unspecified atom stereocenters. The van der Waals surface area contributed by atoms with Crippen LogP contribution in [-0.4, -0.2) is 41.5 Å². The highest BCUT2D eigenvalue weighted by molar-refractivity contribution is 5.95. The zero-order valence-electron chi connectivity index (χ0n) is 12.8. The zero-order chi connectivity index (χ0) is 13.8. The molecule has 1 aromatic rings. The minimum Gasteiger partial charge on any atom is -0.260 e. The van der Waals surface area contributed by atoms with Crippen molar-refractivity contribution in [2.45, 2.75) is 39.7 Å². The third-order valence-electron chi connectivity index (χ3n) is 4.05. The van der Waals surface area contributed by atoms with Crippen molar-refractivity contribution in [3.8, 4) is 0 Å². The Hall–Kier alpha value is -1.31. The van der Waals surface area contributed by atoms with Gasteiger partial charge < -0.3 is 0 Å². The number of rotatable bonds is 5. The average molecular weight is 259 g/mol. The van der Waals surface area contributed by atoms with Gasteiger partial charge in [0, 0.05) is 0 Å². The molecule has 0 saturated heterocycles. The molecule has 0 spiro atoms. The Bertz CT molecular complexity index is 434. The van der Waals surface area contributed by atoms with Crippen LogP contribution in [0.4, 0.5) is 0 Å². The van der Waals surface area contributed by atoms with E-state index in [9.17, 15) is 0 Å². The predicted octanol–water partition coefficient (Wildman–Crippen LogP) is 3.22. The summed E-state index contributed by atoms with van der Waals surface area (Å²) in [4.78, 5) is 2.63. The summed E-state index contributed by atoms with van der Waals surface area (Å²) in [7, 11) is 2.23. The highest BCUT2D eigenvalue weighted by Crippen LogP contribution is 2.21. The first-order valence-electron chi connectivity index (χ1n) is 7.55. The molecule has 1 heterocycles. The van der Waals surface area contributed by atoms with E-state index >= 15 is 0 Å². The van der Waals surface area contributed by atoms with E-state index in [1.54, 1.807) is 0 Å². The number of amidine groups is 1. The maximum atomic E-state index is 2.63. The van der Waals surface area contributed by atoms with E-state index in [2.05, 4.69) is 67.6 Å². The van der Waals surface area contributed by atoms with Gasteiger partial charge in [-0.15, -0.1) is 0 Å². The fourth-order valence-corrected chi connectivity index (χ4v) is 2.99. The maximum absolute atomic E-state index is 2.63. The Labute approximate surface area is 117 Å². The predicted molar refractivity (Wildman–Crippen MR) is 81.8 cm³/mol. The van der Waals surface area contributed by atoms with Crippen LogP contribution in [0.1, 0.15) is 39.2 Å². The molecule has 2 heteroatoms. The smallest absolute Gasteiger partial charge is 0.260 e. The molecule has 1 aliphatic heterocycles. The van der Waals surface area contributed by atoms with Crippen molar-refractivity contribution < 1.29 is 4.58 Å². The highest BCUT2D eigenvalue weighted by Gasteiger charge is 2.39. The van der Waals surface area contributed by atoms with E-state index in [0.717, 1.165) is 6.54 Å². The molecule has 0 bridgehead atoms. The summed E-state index contributed by atoms with van der Waals surface area (Å²) in [5, 5.41) is 0. The highest BCUT2D eigenvalue weighted by atomic mass is 15.3. The van der Waals surface area contributed by atoms with Crippen LogP contribution < -0.4 is 0 Å². The Morgan fingerprint density at radius 2 is 1.95 bits per heavy atom. The molecular formula is C17H27N2+. The summed E-state index contributed by atoms with van der Waals surface area (Å²) in [5.74, 6) is 2.10. The van der Waals surface area contributed by atoms with E-state index in [0.29, 0.717) is 12.0 Å². The summed E-state index contributed by atoms with van der Waals surface area (Å²) in [6, 6.07) is 11.5. The van der Waals surface area contributed by atoms with Gasteiger partial charge >= 0.3 is 0 Å². The van der Waals surface area contributed by atoms with Gasteiger partial charge in [0.05, 0.1) is 19.2 Å². The Morgan fingerprint density at radius 3 is 2.53 bits per heavy atom. The van der Waals surface area contributed by atoms with Gasteiger partial charge in [0.1, 0.15) is 12.6 Å². The van der Waals surface area contributed by atoms with Gasteiger partial charge in [-0.05, 0) is 24.5 Å². The van der Waals surface area contributed by atoms with Crippen LogP contribution >= 0.6 is 0 Å². The second-order valence-electron chi connectivity index (χ2n) is 5.93. The lowest BCUT2D eigenvalue weighted by Gasteiger charge is -2.23. The number of nitrogens with zero attached hydrogens (tertiary/aromatic N) is 2. The molecule has 0 fully saturated rings. The van der Waals surface area contributed by atoms with Crippen molar-refractivity contribution in [1.29, 1.82) is 0 Å². The maximum Gasteiger partial charge on any atom is 0.279 e. The van der Waals surface area contributed by atoms with Gasteiger partial charge in [-0.3, -0.25) is 9.48 Å². The summed E-state index contributed by atoms with van der Waals surface area (Å²) in [5.41, 5.74) is 1.35. The number of hydrogen-bond donors (Lipinski definition) is 0. The molecule has 1 aliphatic rings. The molecule has 0 aromatic heterocycles. The standard InChI is InChI=1S/C17H27N2/c1-5-6-12-19-16(14(2)3)13-18(4)17(19)15-10-8-7-9-11-15/h7-11,14,16H,5-6,12-13H2,1-4H3/q+1/t16-/m1/s1. The molecule has 2 nitrogen and oxygen atoms in total. The van der Waals surface area contributed by atoms with Crippen LogP contribution in [0.3, 0.4) is 0 Å². The normalized spacial score (nSPS) is 19.6. The molecule has 1 aromatic carbocycles. The SMILES string of the molecule is CCCCN1C(c2ccccc2)=[N+](C)C[C@@H]1C(C)C. The van der Waals surface area contributed by atoms with Crippen LogP contribution in [0.15, 0.2) is 30.3 Å². The first-order chi connectivity index (χ1) is 9.15. The fraction of sp³-hybridized carbons (Fsp3) is 0.588. The molecular weight excluding hydrogens is 232 g/mol. The van der Waals surface area contributed by atoms with E-state index in [1.165, 1.54) is 30.8 Å². The molecule has 0 radical (unpaired) electrons. The minimum atomic E-state index is 0.645. The average Bonchev–Trinajstić information content (AvgIpc) is 2.74. The van der Waals surface area contributed by atoms with Crippen LogP contribution in [0, 0.1) is 5.92 Å². The fourth-order valence-electron chi connectivity index (χ4n) is 2.99. The molecule has 2 rings (SSSR count). The topological polar surface area (TPSA) is 6.25 Å². The number of hydrogen-bond acceptors (Lipinski definition) is 1. The second-order valence-corrected chi connectivity index (χ2v) is 5.93. The summed E-state index contributed by atoms with van der Waals surface area (Å²) in [6.07, 6.45) is 2.53. The largest absolute Gasteiger partial charge is 0.279 e. The van der Waals surface area contributed by atoms with Crippen molar-refractivity contribution in [3.05, 3.63) is 35.9 Å². The van der Waals surface area contributed by atoms with Crippen molar-refractivity contribution >= 4 is 5.84 Å². The van der Waals surface area contributed by atoms with Crippen molar-refractivity contribution in [2.24, 2.45) is 5.92 Å². The Balaban J connectivity index is 2.30. The van der Waals surface area contributed by atoms with Crippen molar-refractivity contribution in [2.75, 3.05) is 20.1 Å². The lowest BCUT2D eigenvalue weighted by atomic mass is 10.0. The van der Waals surface area contributed by atoms with Crippen LogP contribution in [0.25, 0.3) is 0 Å². The van der Waals surface area contributed by atoms with Crippen molar-refractivity contribution in [1.82, 2.24) is 4.90 Å². The van der Waals surface area contributed by atoms with Crippen molar-refractivity contribution in [3.63, 3.8) is 0 Å². The lowest BCUT2D eigenvalue weighted by Crippen LogP contribution is -2.40. The minimum absolute atomic E-state index is 0.645. The summed E-state index contributed by atoms with van der Waals surface area (Å²) in [6.45, 7) is 9.27. The second kappa shape index (κ2) is 6.23. The molecule has 0 N–H and O–H groups in total. The van der Waals surface area contributed by atoms with Gasteiger partial charge in [0.2, 0.25) is 0 Å². The summed E-state index contributed by atoms with van der Waals surface area (Å²) < 4.78 is 2.43. The number of unbranched alkanes of at least 4 members (excludes halogenated alkanes) is 1. The van der Waals surface area contributed by atoms with E-state index in [4.69, 9.17) is 0 Å². The first-order valence-corrected chi connectivity index (χ1v) is 7.55. The molecule has 1 atom stereocenters.